The van der Waals surface area contributed by atoms with Crippen molar-refractivity contribution in [2.24, 2.45) is 0 Å². The summed E-state index contributed by atoms with van der Waals surface area (Å²) in [4.78, 5) is 39.3. The van der Waals surface area contributed by atoms with Gasteiger partial charge in [0.2, 0.25) is 11.8 Å². The lowest BCUT2D eigenvalue weighted by Crippen LogP contribution is -2.37. The molecule has 0 saturated heterocycles. The fourth-order valence-corrected chi connectivity index (χ4v) is 3.97. The van der Waals surface area contributed by atoms with Crippen molar-refractivity contribution in [2.45, 2.75) is 30.2 Å². The predicted octanol–water partition coefficient (Wildman–Crippen LogP) is 3.05. The second kappa shape index (κ2) is 8.06. The summed E-state index contributed by atoms with van der Waals surface area (Å²) in [6.07, 6.45) is 2.29. The van der Waals surface area contributed by atoms with Crippen molar-refractivity contribution in [2.75, 3.05) is 22.5 Å². The number of thioether (sulfide) groups is 1. The second-order valence-electron chi connectivity index (χ2n) is 6.93. The minimum absolute atomic E-state index is 0.0162. The first-order valence-electron chi connectivity index (χ1n) is 9.33. The van der Waals surface area contributed by atoms with Crippen LogP contribution < -0.4 is 15.5 Å². The van der Waals surface area contributed by atoms with E-state index in [1.165, 1.54) is 11.8 Å². The van der Waals surface area contributed by atoms with Crippen molar-refractivity contribution in [3.63, 3.8) is 0 Å². The number of rotatable bonds is 6. The maximum atomic E-state index is 12.3. The third-order valence-electron chi connectivity index (χ3n) is 4.71. The van der Waals surface area contributed by atoms with Gasteiger partial charge < -0.3 is 15.5 Å². The smallest absolute Gasteiger partial charge is 0.251 e. The Morgan fingerprint density at radius 3 is 2.57 bits per heavy atom. The molecule has 2 aliphatic rings. The van der Waals surface area contributed by atoms with Crippen molar-refractivity contribution in [1.82, 2.24) is 5.32 Å². The number of para-hydroxylation sites is 1. The average molecular weight is 395 g/mol. The summed E-state index contributed by atoms with van der Waals surface area (Å²) >= 11 is 1.52. The molecule has 4 rings (SSSR count). The third-order valence-corrected chi connectivity index (χ3v) is 5.76. The Balaban J connectivity index is 1.32. The summed E-state index contributed by atoms with van der Waals surface area (Å²) < 4.78 is 0. The number of hydrogen-bond acceptors (Lipinski definition) is 4. The van der Waals surface area contributed by atoms with Gasteiger partial charge in [0.15, 0.2) is 0 Å². The molecule has 7 heteroatoms. The normalized spacial score (nSPS) is 15.7. The van der Waals surface area contributed by atoms with Crippen LogP contribution in [0.3, 0.4) is 0 Å². The van der Waals surface area contributed by atoms with Gasteiger partial charge in [0, 0.05) is 35.2 Å². The lowest BCUT2D eigenvalue weighted by Gasteiger charge is -2.28. The molecule has 0 atom stereocenters. The van der Waals surface area contributed by atoms with Crippen molar-refractivity contribution in [3.8, 4) is 0 Å². The van der Waals surface area contributed by atoms with Crippen molar-refractivity contribution >= 4 is 40.9 Å². The van der Waals surface area contributed by atoms with Gasteiger partial charge >= 0.3 is 0 Å². The van der Waals surface area contributed by atoms with Crippen LogP contribution in [0.1, 0.15) is 29.6 Å². The van der Waals surface area contributed by atoms with Crippen LogP contribution in [0.15, 0.2) is 53.4 Å². The highest BCUT2D eigenvalue weighted by molar-refractivity contribution is 8.00. The number of nitrogens with one attached hydrogen (secondary N) is 2. The van der Waals surface area contributed by atoms with Crippen LogP contribution in [0.2, 0.25) is 0 Å². The van der Waals surface area contributed by atoms with Gasteiger partial charge in [-0.1, -0.05) is 12.1 Å². The van der Waals surface area contributed by atoms with E-state index in [1.54, 1.807) is 29.2 Å². The first kappa shape index (κ1) is 18.6. The summed E-state index contributed by atoms with van der Waals surface area (Å²) in [5, 5.41) is 5.76. The molecule has 1 heterocycles. The fourth-order valence-electron chi connectivity index (χ4n) is 3.04. The first-order valence-corrected chi connectivity index (χ1v) is 10.3. The highest BCUT2D eigenvalue weighted by atomic mass is 32.2. The van der Waals surface area contributed by atoms with E-state index in [0.29, 0.717) is 29.6 Å². The minimum Gasteiger partial charge on any atom is -0.349 e. The van der Waals surface area contributed by atoms with Gasteiger partial charge in [0.1, 0.15) is 0 Å². The number of carbonyl (C=O) groups is 3. The van der Waals surface area contributed by atoms with Gasteiger partial charge in [-0.15, -0.1) is 11.8 Å². The van der Waals surface area contributed by atoms with E-state index < -0.39 is 0 Å². The van der Waals surface area contributed by atoms with Crippen LogP contribution in [0.25, 0.3) is 0 Å². The van der Waals surface area contributed by atoms with E-state index in [4.69, 9.17) is 0 Å². The van der Waals surface area contributed by atoms with E-state index in [-0.39, 0.29) is 24.1 Å². The molecule has 1 aliphatic carbocycles. The highest BCUT2D eigenvalue weighted by Crippen LogP contribution is 2.34. The average Bonchev–Trinajstić information content (AvgIpc) is 3.51. The quantitative estimate of drug-likeness (QED) is 0.788. The van der Waals surface area contributed by atoms with E-state index in [0.717, 1.165) is 23.4 Å². The zero-order valence-electron chi connectivity index (χ0n) is 15.3. The molecule has 2 aromatic carbocycles. The lowest BCUT2D eigenvalue weighted by atomic mass is 10.2. The molecule has 3 amide bonds. The van der Waals surface area contributed by atoms with Crippen LogP contribution in [0.4, 0.5) is 11.4 Å². The fraction of sp³-hybridized carbons (Fsp3) is 0.286. The van der Waals surface area contributed by atoms with Gasteiger partial charge in [-0.3, -0.25) is 14.4 Å². The summed E-state index contributed by atoms with van der Waals surface area (Å²) in [6, 6.07) is 14.9. The topological polar surface area (TPSA) is 78.5 Å². The number of hydrogen-bond donors (Lipinski definition) is 2. The monoisotopic (exact) mass is 395 g/mol. The van der Waals surface area contributed by atoms with Gasteiger partial charge in [-0.25, -0.2) is 0 Å². The van der Waals surface area contributed by atoms with Crippen LogP contribution in [-0.4, -0.2) is 36.1 Å². The summed E-state index contributed by atoms with van der Waals surface area (Å²) in [5.74, 6) is 0.157. The molecule has 1 aliphatic heterocycles. The molecule has 1 fully saturated rings. The number of benzene rings is 2. The first-order chi connectivity index (χ1) is 13.6. The minimum atomic E-state index is -0.168. The molecule has 0 aromatic heterocycles. The number of carbonyl (C=O) groups excluding carboxylic acids is 3. The SMILES string of the molecule is O=C(CCN1C(=O)CSc2ccccc21)Nc1ccc(C(=O)NC2CC2)cc1. The molecule has 2 N–H and O–H groups in total. The molecular formula is C21H21N3O3S. The molecule has 1 saturated carbocycles. The van der Waals surface area contributed by atoms with E-state index in [2.05, 4.69) is 10.6 Å². The summed E-state index contributed by atoms with van der Waals surface area (Å²) in [6.45, 7) is 0.337. The molecule has 6 nitrogen and oxygen atoms in total. The van der Waals surface area contributed by atoms with E-state index >= 15 is 0 Å². The Morgan fingerprint density at radius 2 is 1.82 bits per heavy atom. The van der Waals surface area contributed by atoms with Gasteiger partial charge in [-0.05, 0) is 49.2 Å². The van der Waals surface area contributed by atoms with Crippen LogP contribution in [0.5, 0.6) is 0 Å². The Labute approximate surface area is 167 Å². The number of fused-ring (bicyclic) bond motifs is 1. The molecule has 0 unspecified atom stereocenters. The van der Waals surface area contributed by atoms with Crippen molar-refractivity contribution in [3.05, 3.63) is 54.1 Å². The summed E-state index contributed by atoms with van der Waals surface area (Å²) in [7, 11) is 0. The zero-order chi connectivity index (χ0) is 19.5. The zero-order valence-corrected chi connectivity index (χ0v) is 16.1. The third kappa shape index (κ3) is 4.36. The van der Waals surface area contributed by atoms with Crippen LogP contribution in [-0.2, 0) is 9.59 Å². The van der Waals surface area contributed by atoms with Gasteiger partial charge in [0.25, 0.3) is 5.91 Å². The number of nitrogens with zero attached hydrogens (tertiary/aromatic N) is 1. The molecule has 2 aromatic rings. The van der Waals surface area contributed by atoms with Gasteiger partial charge in [-0.2, -0.15) is 0 Å². The lowest BCUT2D eigenvalue weighted by molar-refractivity contribution is -0.117. The highest BCUT2D eigenvalue weighted by Gasteiger charge is 2.25. The molecule has 144 valence electrons. The Bertz CT molecular complexity index is 909. The molecule has 0 spiro atoms. The standard InChI is InChI=1S/C21H21N3O3S/c25-19(11-12-24-17-3-1-2-4-18(17)28-13-20(24)26)22-15-7-5-14(6-8-15)21(27)23-16-9-10-16/h1-8,16H,9-13H2,(H,22,25)(H,23,27). The molecule has 0 radical (unpaired) electrons. The second-order valence-corrected chi connectivity index (χ2v) is 7.94. The Morgan fingerprint density at radius 1 is 1.07 bits per heavy atom. The molecule has 0 bridgehead atoms. The summed E-state index contributed by atoms with van der Waals surface area (Å²) in [5.41, 5.74) is 2.08. The Hall–Kier alpha value is -2.80. The predicted molar refractivity (Wildman–Crippen MR) is 110 cm³/mol. The van der Waals surface area contributed by atoms with Gasteiger partial charge in [0.05, 0.1) is 11.4 Å². The molecular weight excluding hydrogens is 374 g/mol. The number of anilines is 2. The van der Waals surface area contributed by atoms with E-state index in [1.807, 2.05) is 24.3 Å². The van der Waals surface area contributed by atoms with E-state index in [9.17, 15) is 14.4 Å². The molecule has 28 heavy (non-hydrogen) atoms. The Kier molecular flexibility index (Phi) is 5.34. The largest absolute Gasteiger partial charge is 0.349 e. The van der Waals surface area contributed by atoms with Crippen molar-refractivity contribution < 1.29 is 14.4 Å². The van der Waals surface area contributed by atoms with Crippen molar-refractivity contribution in [1.29, 1.82) is 0 Å². The van der Waals surface area contributed by atoms with Crippen LogP contribution >= 0.6 is 11.8 Å². The van der Waals surface area contributed by atoms with Crippen LogP contribution in [0, 0.1) is 0 Å². The maximum absolute atomic E-state index is 12.3. The maximum Gasteiger partial charge on any atom is 0.251 e. The number of amides is 3.